The summed E-state index contributed by atoms with van der Waals surface area (Å²) in [6.07, 6.45) is 5.03. The van der Waals surface area contributed by atoms with Gasteiger partial charge in [0.05, 0.1) is 0 Å². The molecule has 0 saturated carbocycles. The second-order valence-corrected chi connectivity index (χ2v) is 7.73. The number of aromatic nitrogens is 2. The van der Waals surface area contributed by atoms with E-state index in [4.69, 9.17) is 4.74 Å². The van der Waals surface area contributed by atoms with E-state index in [1.165, 1.54) is 6.42 Å². The lowest BCUT2D eigenvalue weighted by Crippen LogP contribution is -2.47. The average molecular weight is 390 g/mol. The maximum Gasteiger partial charge on any atom is 0.220 e. The summed E-state index contributed by atoms with van der Waals surface area (Å²) in [4.78, 5) is 11.2. The smallest absolute Gasteiger partial charge is 0.220 e. The number of ether oxygens (including phenoxy) is 1. The molecule has 3 heterocycles. The van der Waals surface area contributed by atoms with Gasteiger partial charge in [-0.3, -0.25) is 0 Å². The van der Waals surface area contributed by atoms with Gasteiger partial charge in [-0.15, -0.1) is 0 Å². The van der Waals surface area contributed by atoms with Crippen LogP contribution >= 0.6 is 0 Å². The molecule has 0 spiro atoms. The van der Waals surface area contributed by atoms with E-state index < -0.39 is 0 Å². The number of piperidine rings is 1. The van der Waals surface area contributed by atoms with Gasteiger partial charge in [-0.1, -0.05) is 23.4 Å². The van der Waals surface area contributed by atoms with Gasteiger partial charge in [-0.25, -0.2) is 9.97 Å². The number of pyridine rings is 2. The summed E-state index contributed by atoms with van der Waals surface area (Å²) >= 11 is 0. The summed E-state index contributed by atoms with van der Waals surface area (Å²) in [5.41, 5.74) is 2.51. The minimum Gasteiger partial charge on any atom is -0.437 e. The van der Waals surface area contributed by atoms with Crippen molar-refractivity contribution >= 4 is 16.7 Å². The molecular formula is C23H26N4O2. The Bertz CT molecular complexity index is 1040. The predicted octanol–water partition coefficient (Wildman–Crippen LogP) is 5.13. The molecule has 2 unspecified atom stereocenters. The van der Waals surface area contributed by atoms with E-state index in [0.717, 1.165) is 35.0 Å². The molecule has 1 aliphatic rings. The van der Waals surface area contributed by atoms with E-state index in [1.807, 2.05) is 49.4 Å². The first kappa shape index (κ1) is 19.2. The van der Waals surface area contributed by atoms with Crippen LogP contribution in [0.1, 0.15) is 44.4 Å². The molecule has 1 aliphatic heterocycles. The largest absolute Gasteiger partial charge is 0.437 e. The number of amidine groups is 1. The Balaban J connectivity index is 1.67. The SMILES string of the molecule is Cc1ccc2cccc(Oc3cc(/C(=N/O)N4C(C)CCCC4C)ccn3)c2n1. The van der Waals surface area contributed by atoms with E-state index in [0.29, 0.717) is 29.5 Å². The lowest BCUT2D eigenvalue weighted by Gasteiger charge is -2.40. The van der Waals surface area contributed by atoms with Crippen molar-refractivity contribution in [2.75, 3.05) is 0 Å². The zero-order chi connectivity index (χ0) is 20.4. The van der Waals surface area contributed by atoms with Gasteiger partial charge in [0.1, 0.15) is 5.52 Å². The summed E-state index contributed by atoms with van der Waals surface area (Å²) in [6, 6.07) is 14.1. The number of rotatable bonds is 3. The van der Waals surface area contributed by atoms with Crippen molar-refractivity contribution in [2.45, 2.75) is 52.1 Å². The van der Waals surface area contributed by atoms with Crippen LogP contribution < -0.4 is 4.74 Å². The highest BCUT2D eigenvalue weighted by Gasteiger charge is 2.29. The molecule has 1 aromatic carbocycles. The molecule has 29 heavy (non-hydrogen) atoms. The molecule has 0 aliphatic carbocycles. The molecule has 3 aromatic rings. The van der Waals surface area contributed by atoms with Crippen molar-refractivity contribution in [3.8, 4) is 11.6 Å². The number of oxime groups is 1. The Morgan fingerprint density at radius 2 is 1.93 bits per heavy atom. The third kappa shape index (κ3) is 3.88. The normalized spacial score (nSPS) is 20.1. The van der Waals surface area contributed by atoms with Crippen LogP contribution in [0, 0.1) is 6.92 Å². The monoisotopic (exact) mass is 390 g/mol. The minimum atomic E-state index is 0.312. The number of hydrogen-bond donors (Lipinski definition) is 1. The van der Waals surface area contributed by atoms with Crippen molar-refractivity contribution in [3.63, 3.8) is 0 Å². The number of benzene rings is 1. The fourth-order valence-electron chi connectivity index (χ4n) is 4.11. The standard InChI is InChI=1S/C23H26N4O2/c1-15-10-11-18-8-5-9-20(22(18)25-15)29-21-14-19(12-13-24-21)23(26-28)27-16(2)6-4-7-17(27)3/h5,8-14,16-17,28H,4,6-7H2,1-3H3/b26-23-. The van der Waals surface area contributed by atoms with Crippen molar-refractivity contribution in [3.05, 3.63) is 59.9 Å². The van der Waals surface area contributed by atoms with E-state index >= 15 is 0 Å². The highest BCUT2D eigenvalue weighted by Crippen LogP contribution is 2.29. The van der Waals surface area contributed by atoms with Gasteiger partial charge >= 0.3 is 0 Å². The Hall–Kier alpha value is -3.15. The molecule has 1 saturated heterocycles. The van der Waals surface area contributed by atoms with Crippen molar-refractivity contribution in [1.82, 2.24) is 14.9 Å². The molecule has 6 heteroatoms. The fraction of sp³-hybridized carbons (Fsp3) is 0.348. The maximum atomic E-state index is 9.79. The zero-order valence-corrected chi connectivity index (χ0v) is 17.0. The Morgan fingerprint density at radius 3 is 2.69 bits per heavy atom. The van der Waals surface area contributed by atoms with Crippen LogP contribution in [0.2, 0.25) is 0 Å². The van der Waals surface area contributed by atoms with Gasteiger partial charge in [-0.2, -0.15) is 0 Å². The van der Waals surface area contributed by atoms with Crippen molar-refractivity contribution in [1.29, 1.82) is 0 Å². The molecular weight excluding hydrogens is 364 g/mol. The summed E-state index contributed by atoms with van der Waals surface area (Å²) in [5.74, 6) is 1.65. The van der Waals surface area contributed by atoms with E-state index in [1.54, 1.807) is 6.20 Å². The van der Waals surface area contributed by atoms with Crippen LogP contribution in [0.25, 0.3) is 10.9 Å². The number of hydrogen-bond acceptors (Lipinski definition) is 5. The summed E-state index contributed by atoms with van der Waals surface area (Å²) in [5, 5.41) is 14.4. The van der Waals surface area contributed by atoms with Crippen LogP contribution in [0.3, 0.4) is 0 Å². The second-order valence-electron chi connectivity index (χ2n) is 7.73. The highest BCUT2D eigenvalue weighted by molar-refractivity contribution is 5.99. The van der Waals surface area contributed by atoms with E-state index in [9.17, 15) is 5.21 Å². The van der Waals surface area contributed by atoms with Gasteiger partial charge < -0.3 is 14.8 Å². The number of aryl methyl sites for hydroxylation is 1. The van der Waals surface area contributed by atoms with Gasteiger partial charge in [-0.05, 0) is 58.2 Å². The molecule has 2 atom stereocenters. The van der Waals surface area contributed by atoms with Crippen LogP contribution in [0.15, 0.2) is 53.8 Å². The molecule has 1 fully saturated rings. The lowest BCUT2D eigenvalue weighted by molar-refractivity contribution is 0.181. The van der Waals surface area contributed by atoms with Crippen molar-refractivity contribution in [2.24, 2.45) is 5.16 Å². The summed E-state index contributed by atoms with van der Waals surface area (Å²) in [7, 11) is 0. The maximum absolute atomic E-state index is 9.79. The quantitative estimate of drug-likeness (QED) is 0.291. The fourth-order valence-corrected chi connectivity index (χ4v) is 4.11. The van der Waals surface area contributed by atoms with Gasteiger partial charge in [0, 0.05) is 41.0 Å². The molecule has 2 aromatic heterocycles. The number of fused-ring (bicyclic) bond motifs is 1. The highest BCUT2D eigenvalue weighted by atomic mass is 16.5. The number of likely N-dealkylation sites (tertiary alicyclic amines) is 1. The molecule has 6 nitrogen and oxygen atoms in total. The zero-order valence-electron chi connectivity index (χ0n) is 17.0. The topological polar surface area (TPSA) is 70.8 Å². The average Bonchev–Trinajstić information content (AvgIpc) is 2.71. The third-order valence-corrected chi connectivity index (χ3v) is 5.56. The van der Waals surface area contributed by atoms with Crippen LogP contribution in [0.5, 0.6) is 11.6 Å². The second kappa shape index (κ2) is 8.07. The first-order valence-electron chi connectivity index (χ1n) is 10.1. The van der Waals surface area contributed by atoms with Crippen LogP contribution in [-0.4, -0.2) is 38.0 Å². The Morgan fingerprint density at radius 1 is 1.14 bits per heavy atom. The number of para-hydroxylation sites is 1. The molecule has 0 bridgehead atoms. The van der Waals surface area contributed by atoms with E-state index in [2.05, 4.69) is 33.9 Å². The van der Waals surface area contributed by atoms with Gasteiger partial charge in [0.2, 0.25) is 5.88 Å². The minimum absolute atomic E-state index is 0.312. The molecule has 4 rings (SSSR count). The van der Waals surface area contributed by atoms with Gasteiger partial charge in [0.25, 0.3) is 0 Å². The Labute approximate surface area is 170 Å². The lowest BCUT2D eigenvalue weighted by atomic mass is 9.96. The summed E-state index contributed by atoms with van der Waals surface area (Å²) in [6.45, 7) is 6.30. The van der Waals surface area contributed by atoms with Crippen LogP contribution in [0.4, 0.5) is 0 Å². The number of nitrogens with zero attached hydrogens (tertiary/aromatic N) is 4. The van der Waals surface area contributed by atoms with E-state index in [-0.39, 0.29) is 0 Å². The Kier molecular flexibility index (Phi) is 5.34. The van der Waals surface area contributed by atoms with Crippen molar-refractivity contribution < 1.29 is 9.94 Å². The molecule has 150 valence electrons. The predicted molar refractivity (Wildman–Crippen MR) is 114 cm³/mol. The molecule has 0 radical (unpaired) electrons. The summed E-state index contributed by atoms with van der Waals surface area (Å²) < 4.78 is 6.09. The third-order valence-electron chi connectivity index (χ3n) is 5.56. The first-order chi connectivity index (χ1) is 14.1. The van der Waals surface area contributed by atoms with Gasteiger partial charge in [0.15, 0.2) is 11.6 Å². The van der Waals surface area contributed by atoms with Crippen LogP contribution in [-0.2, 0) is 0 Å². The first-order valence-corrected chi connectivity index (χ1v) is 10.1. The molecule has 1 N–H and O–H groups in total. The molecule has 0 amide bonds.